The molecular weight excluding hydrogens is 280 g/mol. The number of alkyl halides is 1. The van der Waals surface area contributed by atoms with Crippen LogP contribution in [-0.2, 0) is 0 Å². The monoisotopic (exact) mass is 288 g/mol. The van der Waals surface area contributed by atoms with Crippen molar-refractivity contribution in [2.24, 2.45) is 0 Å². The van der Waals surface area contributed by atoms with E-state index < -0.39 is 11.9 Å². The highest BCUT2D eigenvalue weighted by molar-refractivity contribution is 9.09. The van der Waals surface area contributed by atoms with Crippen LogP contribution in [0.5, 0.6) is 5.75 Å². The van der Waals surface area contributed by atoms with Crippen LogP contribution in [0.3, 0.4) is 0 Å². The number of aromatic carboxylic acids is 2. The third kappa shape index (κ3) is 2.73. The standard InChI is InChI=1S/C10H9BrO5/c11-4-5-16-7-3-1-2-6(9(12)13)8(7)10(14)15/h1-3H,4-5H2,(H,12,13)(H,14,15). The topological polar surface area (TPSA) is 83.8 Å². The molecular formula is C10H9BrO5. The lowest BCUT2D eigenvalue weighted by Gasteiger charge is -2.09. The molecule has 0 amide bonds. The molecule has 0 unspecified atom stereocenters. The Hall–Kier alpha value is -1.56. The SMILES string of the molecule is O=C(O)c1cccc(OCCBr)c1C(=O)O. The molecule has 0 aliphatic rings. The summed E-state index contributed by atoms with van der Waals surface area (Å²) in [5.74, 6) is -2.55. The van der Waals surface area contributed by atoms with Gasteiger partial charge in [-0.3, -0.25) is 0 Å². The molecule has 0 aliphatic heterocycles. The van der Waals surface area contributed by atoms with Crippen molar-refractivity contribution in [2.75, 3.05) is 11.9 Å². The van der Waals surface area contributed by atoms with Crippen LogP contribution in [0.1, 0.15) is 20.7 Å². The first-order valence-electron chi connectivity index (χ1n) is 4.36. The molecule has 0 saturated carbocycles. The van der Waals surface area contributed by atoms with Crippen LogP contribution in [0.2, 0.25) is 0 Å². The molecule has 0 spiro atoms. The maximum absolute atomic E-state index is 11.0. The van der Waals surface area contributed by atoms with Gasteiger partial charge in [0.05, 0.1) is 12.2 Å². The summed E-state index contributed by atoms with van der Waals surface area (Å²) in [5, 5.41) is 18.3. The summed E-state index contributed by atoms with van der Waals surface area (Å²) in [5.41, 5.74) is -0.601. The number of carboxylic acids is 2. The first kappa shape index (κ1) is 12.5. The van der Waals surface area contributed by atoms with E-state index in [9.17, 15) is 9.59 Å². The van der Waals surface area contributed by atoms with Gasteiger partial charge < -0.3 is 14.9 Å². The van der Waals surface area contributed by atoms with Crippen LogP contribution in [0.25, 0.3) is 0 Å². The summed E-state index contributed by atoms with van der Waals surface area (Å²) in [7, 11) is 0. The molecule has 5 nitrogen and oxygen atoms in total. The molecule has 86 valence electrons. The minimum absolute atomic E-state index is 0.0619. The van der Waals surface area contributed by atoms with Crippen LogP contribution in [0.4, 0.5) is 0 Å². The molecule has 2 N–H and O–H groups in total. The summed E-state index contributed by atoms with van der Waals surface area (Å²) < 4.78 is 5.15. The van der Waals surface area contributed by atoms with Crippen molar-refractivity contribution < 1.29 is 24.5 Å². The number of carboxylic acid groups (broad SMARTS) is 2. The second kappa shape index (κ2) is 5.50. The van der Waals surface area contributed by atoms with E-state index in [2.05, 4.69) is 15.9 Å². The number of ether oxygens (including phenoxy) is 1. The molecule has 0 bridgehead atoms. The highest BCUT2D eigenvalue weighted by Gasteiger charge is 2.20. The Morgan fingerprint density at radius 1 is 1.25 bits per heavy atom. The van der Waals surface area contributed by atoms with Crippen molar-refractivity contribution in [2.45, 2.75) is 0 Å². The molecule has 0 radical (unpaired) electrons. The van der Waals surface area contributed by atoms with E-state index in [0.717, 1.165) is 0 Å². The number of hydrogen-bond donors (Lipinski definition) is 2. The number of carbonyl (C=O) groups is 2. The summed E-state index contributed by atoms with van der Waals surface area (Å²) in [6.45, 7) is 0.267. The third-order valence-electron chi connectivity index (χ3n) is 1.81. The molecule has 0 heterocycles. The first-order chi connectivity index (χ1) is 7.57. The predicted octanol–water partition coefficient (Wildman–Crippen LogP) is 1.86. The Morgan fingerprint density at radius 2 is 1.94 bits per heavy atom. The maximum atomic E-state index is 11.0. The van der Waals surface area contributed by atoms with Crippen LogP contribution >= 0.6 is 15.9 Å². The molecule has 1 rings (SSSR count). The Bertz CT molecular complexity index is 416. The van der Waals surface area contributed by atoms with Gasteiger partial charge in [0.1, 0.15) is 11.3 Å². The van der Waals surface area contributed by atoms with E-state index in [1.165, 1.54) is 18.2 Å². The average molecular weight is 289 g/mol. The van der Waals surface area contributed by atoms with E-state index in [4.69, 9.17) is 14.9 Å². The summed E-state index contributed by atoms with van der Waals surface area (Å²) in [6.07, 6.45) is 0. The summed E-state index contributed by atoms with van der Waals surface area (Å²) in [4.78, 5) is 21.8. The van der Waals surface area contributed by atoms with Crippen LogP contribution < -0.4 is 4.74 Å². The summed E-state index contributed by atoms with van der Waals surface area (Å²) in [6, 6.07) is 4.10. The van der Waals surface area contributed by atoms with Gasteiger partial charge in [0.15, 0.2) is 0 Å². The van der Waals surface area contributed by atoms with Gasteiger partial charge in [-0.05, 0) is 12.1 Å². The highest BCUT2D eigenvalue weighted by Crippen LogP contribution is 2.22. The van der Waals surface area contributed by atoms with Crippen molar-refractivity contribution in [3.05, 3.63) is 29.3 Å². The van der Waals surface area contributed by atoms with Gasteiger partial charge in [0.2, 0.25) is 0 Å². The molecule has 6 heteroatoms. The Morgan fingerprint density at radius 3 is 2.44 bits per heavy atom. The van der Waals surface area contributed by atoms with Crippen LogP contribution in [0, 0.1) is 0 Å². The van der Waals surface area contributed by atoms with E-state index in [1.807, 2.05) is 0 Å². The van der Waals surface area contributed by atoms with Gasteiger partial charge >= 0.3 is 11.9 Å². The lowest BCUT2D eigenvalue weighted by atomic mass is 10.1. The molecule has 0 aliphatic carbocycles. The molecule has 0 fully saturated rings. The minimum atomic E-state index is -1.32. The zero-order valence-corrected chi connectivity index (χ0v) is 9.73. The highest BCUT2D eigenvalue weighted by atomic mass is 79.9. The van der Waals surface area contributed by atoms with Gasteiger partial charge in [0, 0.05) is 5.33 Å². The first-order valence-corrected chi connectivity index (χ1v) is 5.48. The molecule has 1 aromatic rings. The van der Waals surface area contributed by atoms with E-state index in [-0.39, 0.29) is 23.5 Å². The van der Waals surface area contributed by atoms with Gasteiger partial charge in [-0.25, -0.2) is 9.59 Å². The van der Waals surface area contributed by atoms with Crippen molar-refractivity contribution in [1.82, 2.24) is 0 Å². The number of halogens is 1. The molecule has 16 heavy (non-hydrogen) atoms. The average Bonchev–Trinajstić information content (AvgIpc) is 2.25. The largest absolute Gasteiger partial charge is 0.492 e. The quantitative estimate of drug-likeness (QED) is 0.808. The fourth-order valence-corrected chi connectivity index (χ4v) is 1.36. The molecule has 0 atom stereocenters. The molecule has 1 aromatic carbocycles. The van der Waals surface area contributed by atoms with Gasteiger partial charge in [-0.2, -0.15) is 0 Å². The number of benzene rings is 1. The van der Waals surface area contributed by atoms with Crippen molar-refractivity contribution >= 4 is 27.9 Å². The number of hydrogen-bond acceptors (Lipinski definition) is 3. The van der Waals surface area contributed by atoms with E-state index in [1.54, 1.807) is 0 Å². The predicted molar refractivity (Wildman–Crippen MR) is 59.6 cm³/mol. The van der Waals surface area contributed by atoms with Crippen molar-refractivity contribution in [1.29, 1.82) is 0 Å². The fourth-order valence-electron chi connectivity index (χ4n) is 1.20. The van der Waals surface area contributed by atoms with Crippen molar-refractivity contribution in [3.63, 3.8) is 0 Å². The third-order valence-corrected chi connectivity index (χ3v) is 2.13. The lowest BCUT2D eigenvalue weighted by Crippen LogP contribution is -2.11. The normalized spacial score (nSPS) is 9.81. The molecule has 0 saturated heterocycles. The zero-order valence-electron chi connectivity index (χ0n) is 8.14. The van der Waals surface area contributed by atoms with Crippen molar-refractivity contribution in [3.8, 4) is 5.75 Å². The maximum Gasteiger partial charge on any atom is 0.340 e. The fraction of sp³-hybridized carbons (Fsp3) is 0.200. The van der Waals surface area contributed by atoms with E-state index >= 15 is 0 Å². The van der Waals surface area contributed by atoms with Gasteiger partial charge in [-0.15, -0.1) is 0 Å². The molecule has 0 aromatic heterocycles. The summed E-state index contributed by atoms with van der Waals surface area (Å²) >= 11 is 3.13. The van der Waals surface area contributed by atoms with E-state index in [0.29, 0.717) is 5.33 Å². The second-order valence-corrected chi connectivity index (χ2v) is 3.62. The number of rotatable bonds is 5. The minimum Gasteiger partial charge on any atom is -0.492 e. The lowest BCUT2D eigenvalue weighted by molar-refractivity contribution is 0.0647. The van der Waals surface area contributed by atoms with Gasteiger partial charge in [-0.1, -0.05) is 22.0 Å². The second-order valence-electron chi connectivity index (χ2n) is 2.83. The van der Waals surface area contributed by atoms with Gasteiger partial charge in [0.25, 0.3) is 0 Å². The Kier molecular flexibility index (Phi) is 4.30. The zero-order chi connectivity index (χ0) is 12.1. The Labute approximate surface area is 99.8 Å². The smallest absolute Gasteiger partial charge is 0.340 e. The van der Waals surface area contributed by atoms with Crippen LogP contribution in [-0.4, -0.2) is 34.1 Å². The van der Waals surface area contributed by atoms with Crippen LogP contribution in [0.15, 0.2) is 18.2 Å². The Balaban J connectivity index is 3.21.